The molecule has 1 aliphatic carbocycles. The van der Waals surface area contributed by atoms with Gasteiger partial charge in [-0.15, -0.1) is 11.8 Å². The molecule has 1 heterocycles. The van der Waals surface area contributed by atoms with E-state index < -0.39 is 12.1 Å². The fourth-order valence-electron chi connectivity index (χ4n) is 5.36. The molecule has 7 nitrogen and oxygen atoms in total. The molecular formula is C31H44N3O4S-. The number of β-amino-alcohol motifs (C(OH)–C–C–N with tert-alkyl or cyclic N) is 1. The van der Waals surface area contributed by atoms with Crippen molar-refractivity contribution >= 4 is 23.6 Å². The smallest absolute Gasteiger partial charge is 0.121 e. The Morgan fingerprint density at radius 1 is 1.05 bits per heavy atom. The average Bonchev–Trinajstić information content (AvgIpc) is 2.91. The first-order valence-electron chi connectivity index (χ1n) is 14.0. The quantitative estimate of drug-likeness (QED) is 0.293. The number of thioether (sulfide) groups is 1. The molecule has 8 heteroatoms. The number of aromatic carboxylic acids is 1. The zero-order chi connectivity index (χ0) is 28.4. The molecule has 1 saturated heterocycles. The Balaban J connectivity index is 0.000000395. The van der Waals surface area contributed by atoms with Crippen LogP contribution in [0.15, 0.2) is 70.6 Å². The predicted molar refractivity (Wildman–Crippen MR) is 153 cm³/mol. The second-order valence-corrected chi connectivity index (χ2v) is 12.8. The number of hydrogen-bond donors (Lipinski definition) is 2. The van der Waals surface area contributed by atoms with Gasteiger partial charge in [0.05, 0.1) is 17.3 Å². The third-order valence-corrected chi connectivity index (χ3v) is 8.62. The van der Waals surface area contributed by atoms with E-state index >= 15 is 0 Å². The maximum atomic E-state index is 13.1. The summed E-state index contributed by atoms with van der Waals surface area (Å²) in [5.74, 6) is 0.886. The van der Waals surface area contributed by atoms with Crippen molar-refractivity contribution in [3.8, 4) is 0 Å². The molecule has 2 aromatic carbocycles. The van der Waals surface area contributed by atoms with Crippen molar-refractivity contribution in [3.05, 3.63) is 66.2 Å². The lowest BCUT2D eigenvalue weighted by Crippen LogP contribution is -2.70. The standard InChI is InChI=1S/C24H39N3O2S.C7H6O2/c1-24(2,3)26-23(29)21-13-17-9-7-8-10-18(17)14-27(21)15-22(28)20(25)16-30-19-11-5-4-6-12-19;8-7(9)6-4-2-1-3-5-6/h4-6,11-12,17-18,20-22,28H,7-10,13-16,25H2,1-3H3,(H,26,29);1-5H,(H,8,9)/p-1/t17-,18+,20-,21-,22+;/m0./s1. The van der Waals surface area contributed by atoms with Gasteiger partial charge in [-0.25, -0.2) is 0 Å². The number of carboxylic acid groups (broad SMARTS) is 1. The summed E-state index contributed by atoms with van der Waals surface area (Å²) < 4.78 is 0. The Hall–Kier alpha value is -2.39. The summed E-state index contributed by atoms with van der Waals surface area (Å²) in [7, 11) is 0. The lowest BCUT2D eigenvalue weighted by atomic mass is 9.72. The van der Waals surface area contributed by atoms with Crippen molar-refractivity contribution < 1.29 is 25.8 Å². The number of rotatable bonds is 8. The highest BCUT2D eigenvalue weighted by molar-refractivity contribution is 7.99. The SMILES string of the molecule is CC(C)(C)N=C([O-])[C@@H]1C[C@@H]2CCCC[C@@H]2CN1C[C@@H](O)[C@@H]([NH3+])CSc1ccccc1.O=C([O-])c1ccccc1. The molecule has 39 heavy (non-hydrogen) atoms. The van der Waals surface area contributed by atoms with Gasteiger partial charge in [-0.3, -0.25) is 9.89 Å². The van der Waals surface area contributed by atoms with E-state index in [9.17, 15) is 20.1 Å². The molecular weight excluding hydrogens is 510 g/mol. The molecule has 0 radical (unpaired) electrons. The summed E-state index contributed by atoms with van der Waals surface area (Å²) in [6.45, 7) is 7.33. The largest absolute Gasteiger partial charge is 0.861 e. The molecule has 0 unspecified atom stereocenters. The fraction of sp³-hybridized carbons (Fsp3) is 0.548. The van der Waals surface area contributed by atoms with E-state index in [1.165, 1.54) is 42.7 Å². The number of benzene rings is 2. The highest BCUT2D eigenvalue weighted by Gasteiger charge is 2.38. The number of aliphatic hydroxyl groups excluding tert-OH is 1. The number of fused-ring (bicyclic) bond motifs is 1. The van der Waals surface area contributed by atoms with E-state index in [1.807, 2.05) is 39.0 Å². The normalized spacial score (nSPS) is 23.6. The molecule has 4 rings (SSSR count). The predicted octanol–water partition coefficient (Wildman–Crippen LogP) is 2.24. The van der Waals surface area contributed by atoms with Gasteiger partial charge >= 0.3 is 0 Å². The number of likely N-dealkylation sites (tertiary alicyclic amines) is 1. The number of carboxylic acids is 1. The van der Waals surface area contributed by atoms with Gasteiger partial charge in [-0.2, -0.15) is 0 Å². The van der Waals surface area contributed by atoms with Crippen molar-refractivity contribution in [2.75, 3.05) is 18.8 Å². The summed E-state index contributed by atoms with van der Waals surface area (Å²) in [6.07, 6.45) is 5.37. The second kappa shape index (κ2) is 14.8. The van der Waals surface area contributed by atoms with Crippen molar-refractivity contribution in [2.24, 2.45) is 16.8 Å². The molecule has 2 aliphatic rings. The van der Waals surface area contributed by atoms with E-state index in [0.29, 0.717) is 18.4 Å². The van der Waals surface area contributed by atoms with Gasteiger partial charge in [0, 0.05) is 24.0 Å². The Labute approximate surface area is 237 Å². The first-order chi connectivity index (χ1) is 18.5. The topological polar surface area (TPSA) is 127 Å². The van der Waals surface area contributed by atoms with Crippen LogP contribution in [0.4, 0.5) is 0 Å². The highest BCUT2D eigenvalue weighted by Crippen LogP contribution is 2.39. The number of carbonyl (C=O) groups is 1. The van der Waals surface area contributed by atoms with Gasteiger partial charge in [0.1, 0.15) is 12.1 Å². The van der Waals surface area contributed by atoms with E-state index in [2.05, 4.69) is 27.8 Å². The van der Waals surface area contributed by atoms with Crippen LogP contribution in [0.25, 0.3) is 0 Å². The number of quaternary nitrogens is 1. The van der Waals surface area contributed by atoms with Crippen molar-refractivity contribution in [1.82, 2.24) is 4.90 Å². The molecule has 2 fully saturated rings. The molecule has 214 valence electrons. The minimum absolute atomic E-state index is 0.0157. The Kier molecular flexibility index (Phi) is 11.9. The lowest BCUT2D eigenvalue weighted by Gasteiger charge is -2.48. The minimum atomic E-state index is -1.13. The third kappa shape index (κ3) is 10.3. The molecule has 2 aromatic rings. The molecule has 1 saturated carbocycles. The number of piperidine rings is 1. The first kappa shape index (κ1) is 31.1. The van der Waals surface area contributed by atoms with Crippen molar-refractivity contribution in [2.45, 2.75) is 81.5 Å². The lowest BCUT2D eigenvalue weighted by molar-refractivity contribution is -0.430. The van der Waals surface area contributed by atoms with E-state index in [-0.39, 0.29) is 29.1 Å². The van der Waals surface area contributed by atoms with Crippen LogP contribution in [-0.4, -0.2) is 64.4 Å². The molecule has 0 bridgehead atoms. The zero-order valence-electron chi connectivity index (χ0n) is 23.5. The van der Waals surface area contributed by atoms with Crippen LogP contribution in [0.3, 0.4) is 0 Å². The van der Waals surface area contributed by atoms with Gasteiger partial charge in [-0.1, -0.05) is 67.8 Å². The molecule has 4 N–H and O–H groups in total. The Bertz CT molecular complexity index is 1040. The van der Waals surface area contributed by atoms with Gasteiger partial charge in [0.25, 0.3) is 0 Å². The molecule has 5 atom stereocenters. The van der Waals surface area contributed by atoms with E-state index in [4.69, 9.17) is 0 Å². The van der Waals surface area contributed by atoms with Gasteiger partial charge in [0.15, 0.2) is 0 Å². The maximum absolute atomic E-state index is 13.1. The van der Waals surface area contributed by atoms with Crippen LogP contribution in [0.5, 0.6) is 0 Å². The minimum Gasteiger partial charge on any atom is -0.861 e. The summed E-state index contributed by atoms with van der Waals surface area (Å²) in [5.41, 5.74) is 4.07. The van der Waals surface area contributed by atoms with Crippen LogP contribution >= 0.6 is 11.8 Å². The molecule has 1 aliphatic heterocycles. The monoisotopic (exact) mass is 554 g/mol. The second-order valence-electron chi connectivity index (χ2n) is 11.7. The number of aliphatic hydroxyl groups is 1. The Morgan fingerprint density at radius 2 is 1.64 bits per heavy atom. The van der Waals surface area contributed by atoms with Crippen LogP contribution in [0, 0.1) is 11.8 Å². The van der Waals surface area contributed by atoms with E-state index in [1.54, 1.807) is 30.0 Å². The zero-order valence-corrected chi connectivity index (χ0v) is 24.3. The summed E-state index contributed by atoms with van der Waals surface area (Å²) in [4.78, 5) is 18.0. The summed E-state index contributed by atoms with van der Waals surface area (Å²) in [6, 6.07) is 18.0. The first-order valence-corrected chi connectivity index (χ1v) is 15.0. The molecule has 0 amide bonds. The number of nitrogens with zero attached hydrogens (tertiary/aromatic N) is 2. The fourth-order valence-corrected chi connectivity index (χ4v) is 6.34. The number of hydrogen-bond acceptors (Lipinski definition) is 7. The summed E-state index contributed by atoms with van der Waals surface area (Å²) in [5, 5.41) is 34.1. The van der Waals surface area contributed by atoms with Crippen LogP contribution in [0.1, 0.15) is 63.2 Å². The Morgan fingerprint density at radius 3 is 2.21 bits per heavy atom. The molecule has 0 spiro atoms. The third-order valence-electron chi connectivity index (χ3n) is 7.42. The van der Waals surface area contributed by atoms with Crippen LogP contribution < -0.4 is 15.9 Å². The number of aliphatic imine (C=N–C) groups is 1. The van der Waals surface area contributed by atoms with Crippen molar-refractivity contribution in [1.29, 1.82) is 0 Å². The summed E-state index contributed by atoms with van der Waals surface area (Å²) >= 11 is 1.73. The number of carbonyl (C=O) groups excluding carboxylic acids is 1. The van der Waals surface area contributed by atoms with Gasteiger partial charge in [-0.05, 0) is 69.0 Å². The average molecular weight is 555 g/mol. The van der Waals surface area contributed by atoms with E-state index in [0.717, 1.165) is 18.7 Å². The van der Waals surface area contributed by atoms with Crippen molar-refractivity contribution in [3.63, 3.8) is 0 Å². The highest BCUT2D eigenvalue weighted by atomic mass is 32.2. The van der Waals surface area contributed by atoms with Crippen LogP contribution in [-0.2, 0) is 0 Å². The van der Waals surface area contributed by atoms with Crippen LogP contribution in [0.2, 0.25) is 0 Å². The maximum Gasteiger partial charge on any atom is 0.121 e. The van der Waals surface area contributed by atoms with Gasteiger partial charge in [0.2, 0.25) is 0 Å². The van der Waals surface area contributed by atoms with Gasteiger partial charge < -0.3 is 25.8 Å². The molecule has 0 aromatic heterocycles.